The predicted molar refractivity (Wildman–Crippen MR) is 64.1 cm³/mol. The fraction of sp³-hybridized carbons (Fsp3) is 0.636. The second kappa shape index (κ2) is 5.50. The molecule has 2 atom stereocenters. The molecule has 4 nitrogen and oxygen atoms in total. The molecule has 0 spiro atoms. The van der Waals surface area contributed by atoms with E-state index in [2.05, 4.69) is 15.3 Å². The summed E-state index contributed by atoms with van der Waals surface area (Å²) in [5.74, 6) is -0.910. The molecule has 1 aliphatic rings. The van der Waals surface area contributed by atoms with Gasteiger partial charge in [-0.15, -0.1) is 0 Å². The summed E-state index contributed by atoms with van der Waals surface area (Å²) in [6, 6.07) is 1.28. The third kappa shape index (κ3) is 3.70. The topological polar surface area (TPSA) is 47.0 Å². The number of hydrogen-bond acceptors (Lipinski definition) is 4. The molecule has 1 N–H and O–H groups in total. The van der Waals surface area contributed by atoms with Crippen molar-refractivity contribution in [3.05, 3.63) is 17.0 Å². The minimum Gasteiger partial charge on any atom is -0.378 e. The van der Waals surface area contributed by atoms with Crippen LogP contribution in [0.2, 0.25) is 5.15 Å². The Kier molecular flexibility index (Phi) is 4.15. The van der Waals surface area contributed by atoms with Crippen molar-refractivity contribution >= 4 is 17.4 Å². The van der Waals surface area contributed by atoms with E-state index in [1.54, 1.807) is 0 Å². The fourth-order valence-corrected chi connectivity index (χ4v) is 2.10. The van der Waals surface area contributed by atoms with Crippen LogP contribution in [0.25, 0.3) is 0 Å². The molecule has 0 radical (unpaired) electrons. The maximum absolute atomic E-state index is 12.5. The first-order chi connectivity index (χ1) is 8.86. The molecule has 0 saturated carbocycles. The average Bonchev–Trinajstić information content (AvgIpc) is 2.70. The highest BCUT2D eigenvalue weighted by Crippen LogP contribution is 2.28. The van der Waals surface area contributed by atoms with Crippen LogP contribution in [-0.2, 0) is 10.9 Å². The summed E-state index contributed by atoms with van der Waals surface area (Å²) in [6.45, 7) is 3.10. The van der Waals surface area contributed by atoms with Crippen LogP contribution in [0.15, 0.2) is 6.07 Å². The smallest absolute Gasteiger partial charge is 0.378 e. The maximum Gasteiger partial charge on any atom is 0.451 e. The van der Waals surface area contributed by atoms with Crippen molar-refractivity contribution in [3.63, 3.8) is 0 Å². The first-order valence-electron chi connectivity index (χ1n) is 5.83. The number of nitrogens with one attached hydrogen (secondary N) is 1. The summed E-state index contributed by atoms with van der Waals surface area (Å²) in [5.41, 5.74) is 0. The second-order valence-corrected chi connectivity index (χ2v) is 4.79. The average molecular weight is 296 g/mol. The summed E-state index contributed by atoms with van der Waals surface area (Å²) < 4.78 is 42.9. The van der Waals surface area contributed by atoms with Crippen molar-refractivity contribution in [2.45, 2.75) is 25.6 Å². The molecular formula is C11H13ClF3N3O. The minimum atomic E-state index is -4.61. The number of hydrogen-bond donors (Lipinski definition) is 1. The van der Waals surface area contributed by atoms with Crippen molar-refractivity contribution in [2.24, 2.45) is 5.92 Å². The highest BCUT2D eigenvalue weighted by Gasteiger charge is 2.35. The van der Waals surface area contributed by atoms with Gasteiger partial charge in [0.05, 0.1) is 6.10 Å². The number of nitrogens with zero attached hydrogens (tertiary/aromatic N) is 2. The van der Waals surface area contributed by atoms with E-state index in [-0.39, 0.29) is 23.0 Å². The third-order valence-electron chi connectivity index (χ3n) is 3.03. The van der Waals surface area contributed by atoms with Crippen molar-refractivity contribution in [3.8, 4) is 0 Å². The highest BCUT2D eigenvalue weighted by molar-refractivity contribution is 6.29. The second-order valence-electron chi connectivity index (χ2n) is 4.40. The quantitative estimate of drug-likeness (QED) is 0.871. The van der Waals surface area contributed by atoms with Gasteiger partial charge in [0.15, 0.2) is 0 Å². The van der Waals surface area contributed by atoms with Crippen LogP contribution in [0.1, 0.15) is 19.2 Å². The normalized spacial score (nSPS) is 23.6. The summed E-state index contributed by atoms with van der Waals surface area (Å²) in [6.07, 6.45) is -3.64. The monoisotopic (exact) mass is 295 g/mol. The minimum absolute atomic E-state index is 0.0754. The van der Waals surface area contributed by atoms with Gasteiger partial charge in [0.2, 0.25) is 5.82 Å². The van der Waals surface area contributed by atoms with Crippen LogP contribution in [0, 0.1) is 5.92 Å². The lowest BCUT2D eigenvalue weighted by molar-refractivity contribution is -0.144. The van der Waals surface area contributed by atoms with Crippen LogP contribution in [0.3, 0.4) is 0 Å². The molecule has 0 aliphatic carbocycles. The first kappa shape index (κ1) is 14.3. The van der Waals surface area contributed by atoms with Gasteiger partial charge in [-0.3, -0.25) is 0 Å². The Hall–Kier alpha value is -1.08. The lowest BCUT2D eigenvalue weighted by atomic mass is 10.0. The lowest BCUT2D eigenvalue weighted by Gasteiger charge is -2.15. The fourth-order valence-electron chi connectivity index (χ4n) is 1.91. The zero-order valence-electron chi connectivity index (χ0n) is 10.2. The molecule has 2 rings (SSSR count). The molecule has 1 saturated heterocycles. The van der Waals surface area contributed by atoms with Gasteiger partial charge >= 0.3 is 6.18 Å². The molecular weight excluding hydrogens is 283 g/mol. The molecule has 19 heavy (non-hydrogen) atoms. The van der Waals surface area contributed by atoms with Gasteiger partial charge < -0.3 is 10.1 Å². The van der Waals surface area contributed by atoms with Crippen molar-refractivity contribution in [2.75, 3.05) is 18.5 Å². The number of alkyl halides is 3. The Balaban J connectivity index is 2.06. The number of aromatic nitrogens is 2. The SMILES string of the molecule is CC1OCCC1CNc1cc(Cl)nc(C(F)(F)F)n1. The first-order valence-corrected chi connectivity index (χ1v) is 6.21. The van der Waals surface area contributed by atoms with Gasteiger partial charge in [0.1, 0.15) is 11.0 Å². The Labute approximate surface area is 113 Å². The van der Waals surface area contributed by atoms with Crippen LogP contribution < -0.4 is 5.32 Å². The van der Waals surface area contributed by atoms with Gasteiger partial charge in [-0.1, -0.05) is 11.6 Å². The third-order valence-corrected chi connectivity index (χ3v) is 3.22. The molecule has 0 aromatic carbocycles. The molecule has 1 aliphatic heterocycles. The molecule has 2 heterocycles. The van der Waals surface area contributed by atoms with Crippen LogP contribution in [0.5, 0.6) is 0 Å². The van der Waals surface area contributed by atoms with Gasteiger partial charge in [-0.05, 0) is 13.3 Å². The van der Waals surface area contributed by atoms with Crippen molar-refractivity contribution < 1.29 is 17.9 Å². The van der Waals surface area contributed by atoms with Gasteiger partial charge in [-0.25, -0.2) is 9.97 Å². The lowest BCUT2D eigenvalue weighted by Crippen LogP contribution is -2.22. The molecule has 106 valence electrons. The summed E-state index contributed by atoms with van der Waals surface area (Å²) >= 11 is 5.56. The van der Waals surface area contributed by atoms with E-state index in [1.807, 2.05) is 6.92 Å². The summed E-state index contributed by atoms with van der Waals surface area (Å²) in [4.78, 5) is 6.58. The summed E-state index contributed by atoms with van der Waals surface area (Å²) in [5, 5.41) is 2.62. The largest absolute Gasteiger partial charge is 0.451 e. The van der Waals surface area contributed by atoms with E-state index in [0.717, 1.165) is 6.42 Å². The Morgan fingerprint density at radius 1 is 1.47 bits per heavy atom. The number of ether oxygens (including phenoxy) is 1. The summed E-state index contributed by atoms with van der Waals surface area (Å²) in [7, 11) is 0. The van der Waals surface area contributed by atoms with E-state index in [9.17, 15) is 13.2 Å². The molecule has 2 unspecified atom stereocenters. The van der Waals surface area contributed by atoms with Gasteiger partial charge in [-0.2, -0.15) is 13.2 Å². The van der Waals surface area contributed by atoms with Crippen molar-refractivity contribution in [1.29, 1.82) is 0 Å². The molecule has 8 heteroatoms. The zero-order chi connectivity index (χ0) is 14.0. The Morgan fingerprint density at radius 2 is 2.21 bits per heavy atom. The van der Waals surface area contributed by atoms with Crippen LogP contribution >= 0.6 is 11.6 Å². The highest BCUT2D eigenvalue weighted by atomic mass is 35.5. The molecule has 0 amide bonds. The number of rotatable bonds is 3. The van der Waals surface area contributed by atoms with Crippen molar-refractivity contribution in [1.82, 2.24) is 9.97 Å². The zero-order valence-corrected chi connectivity index (χ0v) is 10.9. The molecule has 1 aromatic heterocycles. The molecule has 1 fully saturated rings. The van der Waals surface area contributed by atoms with Gasteiger partial charge in [0, 0.05) is 25.1 Å². The van der Waals surface area contributed by atoms with E-state index in [1.165, 1.54) is 6.07 Å². The molecule has 0 bridgehead atoms. The number of anilines is 1. The predicted octanol–water partition coefficient (Wildman–Crippen LogP) is 2.99. The van der Waals surface area contributed by atoms with Crippen LogP contribution in [0.4, 0.5) is 19.0 Å². The van der Waals surface area contributed by atoms with Gasteiger partial charge in [0.25, 0.3) is 0 Å². The van der Waals surface area contributed by atoms with E-state index >= 15 is 0 Å². The van der Waals surface area contributed by atoms with Crippen LogP contribution in [-0.4, -0.2) is 29.2 Å². The number of halogens is 4. The Bertz CT molecular complexity index is 455. The van der Waals surface area contributed by atoms with E-state index < -0.39 is 12.0 Å². The Morgan fingerprint density at radius 3 is 2.79 bits per heavy atom. The van der Waals surface area contributed by atoms with E-state index in [4.69, 9.17) is 16.3 Å². The van der Waals surface area contributed by atoms with E-state index in [0.29, 0.717) is 13.2 Å². The maximum atomic E-state index is 12.5. The molecule has 1 aromatic rings. The standard InChI is InChI=1S/C11H13ClF3N3O/c1-6-7(2-3-19-6)5-16-9-4-8(12)17-10(18-9)11(13,14)15/h4,6-7H,2-3,5H2,1H3,(H,16,17,18).